The van der Waals surface area contributed by atoms with E-state index in [1.807, 2.05) is 0 Å². The molecule has 3 N–H and O–H groups in total. The van der Waals surface area contributed by atoms with Gasteiger partial charge in [0.1, 0.15) is 6.04 Å². The van der Waals surface area contributed by atoms with Gasteiger partial charge in [-0.05, 0) is 60.7 Å². The lowest BCUT2D eigenvalue weighted by Crippen LogP contribution is -2.39. The highest BCUT2D eigenvalue weighted by Gasteiger charge is 2.25. The van der Waals surface area contributed by atoms with Crippen molar-refractivity contribution < 1.29 is 14.3 Å². The second kappa shape index (κ2) is 10.9. The normalized spacial score (nSPS) is 11.4. The van der Waals surface area contributed by atoms with E-state index in [-0.39, 0.29) is 0 Å². The van der Waals surface area contributed by atoms with Gasteiger partial charge in [-0.15, -0.1) is 0 Å². The molecule has 1 unspecified atom stereocenters. The quantitative estimate of drug-likeness (QED) is 0.228. The van der Waals surface area contributed by atoms with Gasteiger partial charge in [-0.25, -0.2) is 4.79 Å². The zero-order chi connectivity index (χ0) is 24.8. The van der Waals surface area contributed by atoms with Gasteiger partial charge in [-0.3, -0.25) is 4.79 Å². The first-order chi connectivity index (χ1) is 16.9. The van der Waals surface area contributed by atoms with Crippen LogP contribution in [0.5, 0.6) is 0 Å². The number of pyridine rings is 1. The lowest BCUT2D eigenvalue weighted by molar-refractivity contribution is -0.593. The standard InChI is InChI=1S/C26H20Cl2N4O3/c27-18-10-14-20(15-11-18)30-26(34)31-24(21-5-1-2-6-22(21)28)25(33)29-19-12-8-17(9-13-19)23-7-3-4-16-32(23)35/h1-16,24H,(H,29,33)(H2,30,31,34). The molecular formula is C26H20Cl2N4O3. The predicted molar refractivity (Wildman–Crippen MR) is 137 cm³/mol. The Morgan fingerprint density at radius 3 is 2.09 bits per heavy atom. The van der Waals surface area contributed by atoms with Crippen LogP contribution in [0.2, 0.25) is 10.0 Å². The zero-order valence-electron chi connectivity index (χ0n) is 18.2. The predicted octanol–water partition coefficient (Wildman–Crippen LogP) is 5.80. The van der Waals surface area contributed by atoms with Crippen LogP contribution < -0.4 is 20.7 Å². The van der Waals surface area contributed by atoms with Gasteiger partial charge in [0.05, 0.1) is 0 Å². The van der Waals surface area contributed by atoms with Gasteiger partial charge in [0.2, 0.25) is 5.69 Å². The van der Waals surface area contributed by atoms with Crippen molar-refractivity contribution in [3.05, 3.63) is 118 Å². The number of hydrogen-bond acceptors (Lipinski definition) is 3. The van der Waals surface area contributed by atoms with E-state index in [4.69, 9.17) is 23.2 Å². The Kier molecular flexibility index (Phi) is 7.50. The molecule has 176 valence electrons. The minimum absolute atomic E-state index is 0.332. The molecule has 0 spiro atoms. The van der Waals surface area contributed by atoms with E-state index in [0.29, 0.717) is 38.2 Å². The summed E-state index contributed by atoms with van der Waals surface area (Å²) in [5.74, 6) is -0.490. The summed E-state index contributed by atoms with van der Waals surface area (Å²) in [6, 6.07) is 23.6. The number of nitrogens with zero attached hydrogens (tertiary/aromatic N) is 1. The molecule has 9 heteroatoms. The Labute approximate surface area is 211 Å². The fourth-order valence-electron chi connectivity index (χ4n) is 3.42. The van der Waals surface area contributed by atoms with Crippen molar-refractivity contribution in [3.63, 3.8) is 0 Å². The number of carbonyl (C=O) groups excluding carboxylic acids is 2. The third kappa shape index (κ3) is 6.09. The summed E-state index contributed by atoms with van der Waals surface area (Å²) in [6.07, 6.45) is 1.42. The van der Waals surface area contributed by atoms with E-state index in [0.717, 1.165) is 4.73 Å². The number of hydrogen-bond donors (Lipinski definition) is 3. The third-order valence-electron chi connectivity index (χ3n) is 5.13. The molecule has 35 heavy (non-hydrogen) atoms. The SMILES string of the molecule is O=C(Nc1ccc(Cl)cc1)NC(C(=O)Nc1ccc(-c2cccc[n+]2[O-])cc1)c1ccccc1Cl. The van der Waals surface area contributed by atoms with Crippen molar-refractivity contribution in [2.24, 2.45) is 0 Å². The average molecular weight is 507 g/mol. The highest BCUT2D eigenvalue weighted by Crippen LogP contribution is 2.25. The molecule has 4 aromatic rings. The first-order valence-electron chi connectivity index (χ1n) is 10.6. The largest absolute Gasteiger partial charge is 0.618 e. The maximum absolute atomic E-state index is 13.2. The van der Waals surface area contributed by atoms with E-state index in [1.165, 1.54) is 6.20 Å². The second-order valence-corrected chi connectivity index (χ2v) is 8.38. The molecular weight excluding hydrogens is 487 g/mol. The van der Waals surface area contributed by atoms with Crippen LogP contribution in [0, 0.1) is 5.21 Å². The van der Waals surface area contributed by atoms with Crippen LogP contribution in [-0.4, -0.2) is 11.9 Å². The molecule has 4 rings (SSSR count). The summed E-state index contributed by atoms with van der Waals surface area (Å²) in [5, 5.41) is 21.0. The molecule has 3 amide bonds. The molecule has 0 aliphatic carbocycles. The van der Waals surface area contributed by atoms with Gasteiger partial charge in [-0.1, -0.05) is 41.4 Å². The van der Waals surface area contributed by atoms with Crippen molar-refractivity contribution in [2.75, 3.05) is 10.6 Å². The van der Waals surface area contributed by atoms with Crippen molar-refractivity contribution in [1.82, 2.24) is 5.32 Å². The first kappa shape index (κ1) is 24.1. The fourth-order valence-corrected chi connectivity index (χ4v) is 3.79. The van der Waals surface area contributed by atoms with Crippen molar-refractivity contribution in [1.29, 1.82) is 0 Å². The van der Waals surface area contributed by atoms with Crippen LogP contribution >= 0.6 is 23.2 Å². The van der Waals surface area contributed by atoms with Crippen LogP contribution in [-0.2, 0) is 4.79 Å². The summed E-state index contributed by atoms with van der Waals surface area (Å²) >= 11 is 12.2. The summed E-state index contributed by atoms with van der Waals surface area (Å²) in [7, 11) is 0. The molecule has 0 aliphatic rings. The number of urea groups is 1. The number of halogens is 2. The smallest absolute Gasteiger partial charge is 0.320 e. The monoisotopic (exact) mass is 506 g/mol. The molecule has 0 aliphatic heterocycles. The van der Waals surface area contributed by atoms with Gasteiger partial charge in [0, 0.05) is 44.7 Å². The molecule has 0 saturated carbocycles. The number of amides is 3. The molecule has 0 bridgehead atoms. The number of rotatable bonds is 6. The van der Waals surface area contributed by atoms with Crippen molar-refractivity contribution in [3.8, 4) is 11.3 Å². The Balaban J connectivity index is 1.52. The van der Waals surface area contributed by atoms with Gasteiger partial charge in [0.25, 0.3) is 5.91 Å². The lowest BCUT2D eigenvalue weighted by atomic mass is 10.1. The number of anilines is 2. The maximum Gasteiger partial charge on any atom is 0.320 e. The Hall–Kier alpha value is -4.07. The Bertz CT molecular complexity index is 1350. The summed E-state index contributed by atoms with van der Waals surface area (Å²) in [6.45, 7) is 0. The molecule has 7 nitrogen and oxygen atoms in total. The Morgan fingerprint density at radius 1 is 0.771 bits per heavy atom. The van der Waals surface area contributed by atoms with Crippen LogP contribution in [0.4, 0.5) is 16.2 Å². The summed E-state index contributed by atoms with van der Waals surface area (Å²) < 4.78 is 0.768. The molecule has 0 fully saturated rings. The minimum atomic E-state index is -1.08. The minimum Gasteiger partial charge on any atom is -0.618 e. The summed E-state index contributed by atoms with van der Waals surface area (Å²) in [5.41, 5.74) is 2.62. The topological polar surface area (TPSA) is 97.2 Å². The number of carbonyl (C=O) groups is 2. The molecule has 1 atom stereocenters. The van der Waals surface area contributed by atoms with Crippen LogP contribution in [0.25, 0.3) is 11.3 Å². The lowest BCUT2D eigenvalue weighted by Gasteiger charge is -2.20. The molecule has 1 aromatic heterocycles. The van der Waals surface area contributed by atoms with E-state index < -0.39 is 18.0 Å². The zero-order valence-corrected chi connectivity index (χ0v) is 19.8. The van der Waals surface area contributed by atoms with E-state index in [9.17, 15) is 14.8 Å². The van der Waals surface area contributed by atoms with E-state index in [1.54, 1.807) is 91.0 Å². The maximum atomic E-state index is 13.2. The first-order valence-corrected chi connectivity index (χ1v) is 11.3. The van der Waals surface area contributed by atoms with Crippen LogP contribution in [0.1, 0.15) is 11.6 Å². The van der Waals surface area contributed by atoms with Gasteiger partial charge in [-0.2, -0.15) is 4.73 Å². The van der Waals surface area contributed by atoms with Crippen molar-refractivity contribution >= 4 is 46.5 Å². The molecule has 1 heterocycles. The third-order valence-corrected chi connectivity index (χ3v) is 5.72. The van der Waals surface area contributed by atoms with Gasteiger partial charge >= 0.3 is 6.03 Å². The number of benzene rings is 3. The molecule has 3 aromatic carbocycles. The van der Waals surface area contributed by atoms with Crippen LogP contribution in [0.15, 0.2) is 97.2 Å². The van der Waals surface area contributed by atoms with E-state index in [2.05, 4.69) is 16.0 Å². The molecule has 0 saturated heterocycles. The fraction of sp³-hybridized carbons (Fsp3) is 0.0385. The highest BCUT2D eigenvalue weighted by molar-refractivity contribution is 6.31. The average Bonchev–Trinajstić information content (AvgIpc) is 2.85. The second-order valence-electron chi connectivity index (χ2n) is 7.54. The van der Waals surface area contributed by atoms with Gasteiger partial charge in [0.15, 0.2) is 6.20 Å². The Morgan fingerprint density at radius 2 is 1.40 bits per heavy atom. The van der Waals surface area contributed by atoms with Crippen molar-refractivity contribution in [2.45, 2.75) is 6.04 Å². The molecule has 0 radical (unpaired) electrons. The number of aromatic nitrogens is 1. The summed E-state index contributed by atoms with van der Waals surface area (Å²) in [4.78, 5) is 25.9. The van der Waals surface area contributed by atoms with Crippen LogP contribution in [0.3, 0.4) is 0 Å². The van der Waals surface area contributed by atoms with E-state index >= 15 is 0 Å². The highest BCUT2D eigenvalue weighted by atomic mass is 35.5. The van der Waals surface area contributed by atoms with Gasteiger partial charge < -0.3 is 21.2 Å². The number of nitrogens with one attached hydrogen (secondary N) is 3.